The van der Waals surface area contributed by atoms with E-state index in [0.717, 1.165) is 12.1 Å². The number of benzene rings is 1. The van der Waals surface area contributed by atoms with Crippen molar-refractivity contribution in [2.24, 2.45) is 5.92 Å². The van der Waals surface area contributed by atoms with E-state index < -0.39 is 29.6 Å². The van der Waals surface area contributed by atoms with Crippen LogP contribution in [0.4, 0.5) is 14.5 Å². The molecule has 7 heteroatoms. The molecule has 3 N–H and O–H groups in total. The number of carbonyl (C=O) groups is 2. The lowest BCUT2D eigenvalue weighted by Gasteiger charge is -2.13. The summed E-state index contributed by atoms with van der Waals surface area (Å²) in [5, 5.41) is 13.8. The Morgan fingerprint density at radius 3 is 2.48 bits per heavy atom. The second-order valence-corrected chi connectivity index (χ2v) is 5.07. The van der Waals surface area contributed by atoms with Gasteiger partial charge in [0, 0.05) is 12.6 Å². The van der Waals surface area contributed by atoms with E-state index in [4.69, 9.17) is 0 Å². The van der Waals surface area contributed by atoms with E-state index >= 15 is 0 Å². The van der Waals surface area contributed by atoms with Crippen LogP contribution in [0.25, 0.3) is 0 Å². The third kappa shape index (κ3) is 5.86. The summed E-state index contributed by atoms with van der Waals surface area (Å²) in [7, 11) is 0. The fraction of sp³-hybridized carbons (Fsp3) is 0.429. The molecule has 0 bridgehead atoms. The van der Waals surface area contributed by atoms with Crippen molar-refractivity contribution in [2.75, 3.05) is 11.9 Å². The molecule has 0 aliphatic heterocycles. The quantitative estimate of drug-likeness (QED) is 0.720. The average Bonchev–Trinajstić information content (AvgIpc) is 2.38. The van der Waals surface area contributed by atoms with Crippen LogP contribution >= 0.6 is 0 Å². The summed E-state index contributed by atoms with van der Waals surface area (Å²) in [6.45, 7) is 3.75. The first kappa shape index (κ1) is 17.0. The Hall–Kier alpha value is -2.02. The Morgan fingerprint density at radius 1 is 1.24 bits per heavy atom. The van der Waals surface area contributed by atoms with Crippen molar-refractivity contribution in [3.8, 4) is 0 Å². The maximum Gasteiger partial charge on any atom is 0.313 e. The maximum atomic E-state index is 13.3. The third-order valence-electron chi connectivity index (χ3n) is 2.63. The van der Waals surface area contributed by atoms with Crippen molar-refractivity contribution in [3.63, 3.8) is 0 Å². The van der Waals surface area contributed by atoms with Crippen molar-refractivity contribution in [1.82, 2.24) is 5.32 Å². The monoisotopic (exact) mass is 300 g/mol. The number of halogens is 2. The normalized spacial score (nSPS) is 12.1. The first-order valence-electron chi connectivity index (χ1n) is 6.52. The minimum atomic E-state index is -1.09. The summed E-state index contributed by atoms with van der Waals surface area (Å²) in [6.07, 6.45) is -0.279. The van der Waals surface area contributed by atoms with Crippen LogP contribution in [0.1, 0.15) is 20.3 Å². The van der Waals surface area contributed by atoms with Crippen LogP contribution < -0.4 is 10.6 Å². The van der Waals surface area contributed by atoms with Crippen molar-refractivity contribution in [1.29, 1.82) is 0 Å². The molecule has 0 aromatic heterocycles. The van der Waals surface area contributed by atoms with Crippen LogP contribution in [-0.2, 0) is 9.59 Å². The van der Waals surface area contributed by atoms with Gasteiger partial charge in [0.15, 0.2) is 0 Å². The third-order valence-corrected chi connectivity index (χ3v) is 2.63. The fourth-order valence-electron chi connectivity index (χ4n) is 1.69. The van der Waals surface area contributed by atoms with Crippen molar-refractivity contribution >= 4 is 17.5 Å². The molecular weight excluding hydrogens is 282 g/mol. The first-order chi connectivity index (χ1) is 9.79. The molecule has 0 radical (unpaired) electrons. The Balaban J connectivity index is 2.49. The molecule has 1 rings (SSSR count). The van der Waals surface area contributed by atoms with Gasteiger partial charge in [-0.25, -0.2) is 8.78 Å². The lowest BCUT2D eigenvalue weighted by molar-refractivity contribution is -0.136. The predicted octanol–water partition coefficient (Wildman–Crippen LogP) is 1.43. The number of hydrogen-bond acceptors (Lipinski definition) is 3. The molecule has 0 saturated carbocycles. The molecule has 1 atom stereocenters. The van der Waals surface area contributed by atoms with Crippen molar-refractivity contribution < 1.29 is 23.5 Å². The highest BCUT2D eigenvalue weighted by molar-refractivity contribution is 6.39. The summed E-state index contributed by atoms with van der Waals surface area (Å²) in [6, 6.07) is 2.58. The minimum absolute atomic E-state index is 0.0731. The van der Waals surface area contributed by atoms with E-state index in [0.29, 0.717) is 12.5 Å². The van der Waals surface area contributed by atoms with Gasteiger partial charge in [-0.1, -0.05) is 13.8 Å². The van der Waals surface area contributed by atoms with E-state index in [9.17, 15) is 23.5 Å². The predicted molar refractivity (Wildman–Crippen MR) is 73.5 cm³/mol. The van der Waals surface area contributed by atoms with Crippen LogP contribution in [0.3, 0.4) is 0 Å². The molecule has 21 heavy (non-hydrogen) atoms. The van der Waals surface area contributed by atoms with Crippen LogP contribution in [0, 0.1) is 17.6 Å². The summed E-state index contributed by atoms with van der Waals surface area (Å²) >= 11 is 0. The van der Waals surface area contributed by atoms with E-state index in [1.807, 2.05) is 19.2 Å². The van der Waals surface area contributed by atoms with E-state index in [1.165, 1.54) is 0 Å². The molecule has 2 amide bonds. The maximum absolute atomic E-state index is 13.3. The SMILES string of the molecule is CC(C)CC(O)CNC(=O)C(=O)Nc1ccc(F)cc1F. The lowest BCUT2D eigenvalue weighted by atomic mass is 10.1. The van der Waals surface area contributed by atoms with Gasteiger partial charge in [-0.05, 0) is 24.5 Å². The van der Waals surface area contributed by atoms with Gasteiger partial charge in [0.2, 0.25) is 0 Å². The molecule has 0 fully saturated rings. The smallest absolute Gasteiger partial charge is 0.313 e. The second kappa shape index (κ2) is 7.68. The number of hydrogen-bond donors (Lipinski definition) is 3. The summed E-state index contributed by atoms with van der Waals surface area (Å²) in [5.74, 6) is -3.60. The largest absolute Gasteiger partial charge is 0.391 e. The van der Waals surface area contributed by atoms with Gasteiger partial charge >= 0.3 is 11.8 Å². The van der Waals surface area contributed by atoms with Crippen LogP contribution in [0.15, 0.2) is 18.2 Å². The highest BCUT2D eigenvalue weighted by atomic mass is 19.1. The molecule has 0 spiro atoms. The molecule has 1 aromatic carbocycles. The van der Waals surface area contributed by atoms with Crippen molar-refractivity contribution in [2.45, 2.75) is 26.4 Å². The van der Waals surface area contributed by atoms with Crippen LogP contribution in [0.2, 0.25) is 0 Å². The van der Waals surface area contributed by atoms with Gasteiger partial charge < -0.3 is 15.7 Å². The molecule has 1 aromatic rings. The first-order valence-corrected chi connectivity index (χ1v) is 6.52. The highest BCUT2D eigenvalue weighted by Crippen LogP contribution is 2.14. The van der Waals surface area contributed by atoms with Gasteiger partial charge in [-0.3, -0.25) is 9.59 Å². The Labute approximate surface area is 121 Å². The minimum Gasteiger partial charge on any atom is -0.391 e. The Morgan fingerprint density at radius 2 is 1.90 bits per heavy atom. The topological polar surface area (TPSA) is 78.4 Å². The molecule has 0 heterocycles. The van der Waals surface area contributed by atoms with E-state index in [2.05, 4.69) is 5.32 Å². The van der Waals surface area contributed by atoms with Crippen molar-refractivity contribution in [3.05, 3.63) is 29.8 Å². The molecular formula is C14H18F2N2O3. The van der Waals surface area contributed by atoms with Crippen LogP contribution in [-0.4, -0.2) is 29.6 Å². The van der Waals surface area contributed by atoms with Gasteiger partial charge in [-0.2, -0.15) is 0 Å². The summed E-state index contributed by atoms with van der Waals surface area (Å²) < 4.78 is 26.0. The molecule has 116 valence electrons. The zero-order valence-corrected chi connectivity index (χ0v) is 11.8. The lowest BCUT2D eigenvalue weighted by Crippen LogP contribution is -2.40. The zero-order valence-electron chi connectivity index (χ0n) is 11.8. The van der Waals surface area contributed by atoms with Gasteiger partial charge in [0.05, 0.1) is 11.8 Å². The number of rotatable bonds is 5. The fourth-order valence-corrected chi connectivity index (χ4v) is 1.69. The highest BCUT2D eigenvalue weighted by Gasteiger charge is 2.17. The molecule has 0 aliphatic rings. The number of amides is 2. The zero-order chi connectivity index (χ0) is 16.0. The standard InChI is InChI=1S/C14H18F2N2O3/c1-8(2)5-10(19)7-17-13(20)14(21)18-12-4-3-9(15)6-11(12)16/h3-4,6,8,10,19H,5,7H2,1-2H3,(H,17,20)(H,18,21). The molecule has 0 saturated heterocycles. The second-order valence-electron chi connectivity index (χ2n) is 5.07. The number of aliphatic hydroxyl groups excluding tert-OH is 1. The molecule has 0 aliphatic carbocycles. The van der Waals surface area contributed by atoms with E-state index in [1.54, 1.807) is 0 Å². The molecule has 5 nitrogen and oxygen atoms in total. The number of aliphatic hydroxyl groups is 1. The Kier molecular flexibility index (Phi) is 6.23. The van der Waals surface area contributed by atoms with Gasteiger partial charge in [0.1, 0.15) is 11.6 Å². The number of nitrogens with one attached hydrogen (secondary N) is 2. The number of anilines is 1. The van der Waals surface area contributed by atoms with Crippen LogP contribution in [0.5, 0.6) is 0 Å². The average molecular weight is 300 g/mol. The van der Waals surface area contributed by atoms with Gasteiger partial charge in [-0.15, -0.1) is 0 Å². The molecule has 1 unspecified atom stereocenters. The summed E-state index contributed by atoms with van der Waals surface area (Å²) in [5.41, 5.74) is -0.292. The Bertz CT molecular complexity index is 521. The summed E-state index contributed by atoms with van der Waals surface area (Å²) in [4.78, 5) is 23.0. The van der Waals surface area contributed by atoms with E-state index in [-0.39, 0.29) is 18.2 Å². The van der Waals surface area contributed by atoms with Gasteiger partial charge in [0.25, 0.3) is 0 Å². The number of carbonyl (C=O) groups excluding carboxylic acids is 2.